The van der Waals surface area contributed by atoms with Crippen LogP contribution in [-0.4, -0.2) is 18.0 Å². The van der Waals surface area contributed by atoms with E-state index in [1.54, 1.807) is 48.5 Å². The Balaban J connectivity index is 1.93. The molecule has 2 amide bonds. The zero-order chi connectivity index (χ0) is 15.9. The third-order valence-electron chi connectivity index (χ3n) is 2.59. The van der Waals surface area contributed by atoms with E-state index in [1.165, 1.54) is 6.21 Å². The van der Waals surface area contributed by atoms with E-state index < -0.39 is 11.8 Å². The van der Waals surface area contributed by atoms with Gasteiger partial charge in [0.1, 0.15) is 0 Å². The van der Waals surface area contributed by atoms with Crippen LogP contribution >= 0.6 is 23.2 Å². The van der Waals surface area contributed by atoms with Crippen molar-refractivity contribution in [1.29, 1.82) is 0 Å². The van der Waals surface area contributed by atoms with Crippen LogP contribution in [0.15, 0.2) is 53.6 Å². The molecule has 0 aliphatic rings. The zero-order valence-electron chi connectivity index (χ0n) is 11.2. The third kappa shape index (κ3) is 4.31. The molecule has 0 saturated heterocycles. The molecule has 2 rings (SSSR count). The average molecular weight is 336 g/mol. The number of amides is 2. The Morgan fingerprint density at radius 3 is 2.41 bits per heavy atom. The van der Waals surface area contributed by atoms with Gasteiger partial charge in [-0.15, -0.1) is 0 Å². The molecule has 0 atom stereocenters. The fourth-order valence-corrected chi connectivity index (χ4v) is 1.90. The maximum absolute atomic E-state index is 11.6. The first kappa shape index (κ1) is 16.0. The molecule has 0 unspecified atom stereocenters. The number of carbonyl (C=O) groups is 2. The first-order chi connectivity index (χ1) is 10.6. The summed E-state index contributed by atoms with van der Waals surface area (Å²) in [7, 11) is 0. The minimum Gasteiger partial charge on any atom is -0.318 e. The first-order valence-corrected chi connectivity index (χ1v) is 6.97. The topological polar surface area (TPSA) is 70.6 Å². The Morgan fingerprint density at radius 2 is 1.68 bits per heavy atom. The molecule has 112 valence electrons. The molecule has 0 spiro atoms. The SMILES string of the molecule is O=C(N/N=C\c1cccc(Cl)c1Cl)C(=O)Nc1ccccc1. The summed E-state index contributed by atoms with van der Waals surface area (Å²) in [6.45, 7) is 0. The molecule has 0 aliphatic heterocycles. The Kier molecular flexibility index (Phi) is 5.52. The van der Waals surface area contributed by atoms with E-state index in [9.17, 15) is 9.59 Å². The predicted octanol–water partition coefficient (Wildman–Crippen LogP) is 3.08. The second kappa shape index (κ2) is 7.59. The number of hydrogen-bond donors (Lipinski definition) is 2. The summed E-state index contributed by atoms with van der Waals surface area (Å²) in [5, 5.41) is 6.81. The maximum Gasteiger partial charge on any atom is 0.329 e. The molecule has 2 aromatic carbocycles. The highest BCUT2D eigenvalue weighted by Gasteiger charge is 2.12. The summed E-state index contributed by atoms with van der Waals surface area (Å²) in [5.74, 6) is -1.71. The van der Waals surface area contributed by atoms with Crippen molar-refractivity contribution in [2.45, 2.75) is 0 Å². The minimum atomic E-state index is -0.891. The van der Waals surface area contributed by atoms with E-state index >= 15 is 0 Å². The van der Waals surface area contributed by atoms with Gasteiger partial charge in [-0.3, -0.25) is 9.59 Å². The van der Waals surface area contributed by atoms with Gasteiger partial charge in [0.25, 0.3) is 0 Å². The van der Waals surface area contributed by atoms with Crippen molar-refractivity contribution in [3.8, 4) is 0 Å². The van der Waals surface area contributed by atoms with Gasteiger partial charge in [-0.25, -0.2) is 5.43 Å². The Labute approximate surface area is 136 Å². The smallest absolute Gasteiger partial charge is 0.318 e. The number of rotatable bonds is 3. The summed E-state index contributed by atoms with van der Waals surface area (Å²) in [5.41, 5.74) is 3.16. The molecule has 2 N–H and O–H groups in total. The number of benzene rings is 2. The van der Waals surface area contributed by atoms with Crippen LogP contribution in [-0.2, 0) is 9.59 Å². The number of halogens is 2. The molecule has 0 aromatic heterocycles. The molecule has 0 heterocycles. The minimum absolute atomic E-state index is 0.316. The standard InChI is InChI=1S/C15H11Cl2N3O2/c16-12-8-4-5-10(13(12)17)9-18-20-15(22)14(21)19-11-6-2-1-3-7-11/h1-9H,(H,19,21)(H,20,22)/b18-9-. The number of anilines is 1. The van der Waals surface area contributed by atoms with Crippen molar-refractivity contribution in [3.63, 3.8) is 0 Å². The van der Waals surface area contributed by atoms with Crippen molar-refractivity contribution in [3.05, 3.63) is 64.1 Å². The maximum atomic E-state index is 11.6. The van der Waals surface area contributed by atoms with Gasteiger partial charge in [0.15, 0.2) is 0 Å². The van der Waals surface area contributed by atoms with Gasteiger partial charge in [-0.2, -0.15) is 5.10 Å². The van der Waals surface area contributed by atoms with Gasteiger partial charge in [0.2, 0.25) is 0 Å². The van der Waals surface area contributed by atoms with Crippen LogP contribution in [0.3, 0.4) is 0 Å². The second-order valence-electron chi connectivity index (χ2n) is 4.16. The van der Waals surface area contributed by atoms with Crippen LogP contribution in [0.25, 0.3) is 0 Å². The van der Waals surface area contributed by atoms with Crippen LogP contribution in [0.2, 0.25) is 10.0 Å². The number of para-hydroxylation sites is 1. The average Bonchev–Trinajstić information content (AvgIpc) is 2.52. The summed E-state index contributed by atoms with van der Waals surface area (Å²) in [4.78, 5) is 23.2. The molecular weight excluding hydrogens is 325 g/mol. The van der Waals surface area contributed by atoms with Crippen molar-refractivity contribution >= 4 is 46.9 Å². The predicted molar refractivity (Wildman–Crippen MR) is 87.3 cm³/mol. The quantitative estimate of drug-likeness (QED) is 0.514. The Bertz CT molecular complexity index is 718. The summed E-state index contributed by atoms with van der Waals surface area (Å²) in [6.07, 6.45) is 1.31. The summed E-state index contributed by atoms with van der Waals surface area (Å²) in [6, 6.07) is 13.6. The number of hydrazone groups is 1. The highest BCUT2D eigenvalue weighted by atomic mass is 35.5. The Hall–Kier alpha value is -2.37. The van der Waals surface area contributed by atoms with Crippen molar-refractivity contribution in [1.82, 2.24) is 5.43 Å². The van der Waals surface area contributed by atoms with E-state index in [-0.39, 0.29) is 0 Å². The molecule has 0 bridgehead atoms. The highest BCUT2D eigenvalue weighted by Crippen LogP contribution is 2.24. The van der Waals surface area contributed by atoms with Crippen LogP contribution in [0.5, 0.6) is 0 Å². The third-order valence-corrected chi connectivity index (χ3v) is 3.42. The van der Waals surface area contributed by atoms with Gasteiger partial charge in [0, 0.05) is 11.3 Å². The van der Waals surface area contributed by atoms with Crippen LogP contribution < -0.4 is 10.7 Å². The van der Waals surface area contributed by atoms with Crippen LogP contribution in [0.1, 0.15) is 5.56 Å². The molecule has 22 heavy (non-hydrogen) atoms. The fourth-order valence-electron chi connectivity index (χ4n) is 1.54. The fraction of sp³-hybridized carbons (Fsp3) is 0. The molecule has 0 radical (unpaired) electrons. The second-order valence-corrected chi connectivity index (χ2v) is 4.95. The Morgan fingerprint density at radius 1 is 0.955 bits per heavy atom. The molecule has 2 aromatic rings. The number of nitrogens with one attached hydrogen (secondary N) is 2. The highest BCUT2D eigenvalue weighted by molar-refractivity contribution is 6.43. The molecule has 0 fully saturated rings. The van der Waals surface area contributed by atoms with E-state index in [4.69, 9.17) is 23.2 Å². The van der Waals surface area contributed by atoms with Gasteiger partial charge in [-0.05, 0) is 18.2 Å². The molecular formula is C15H11Cl2N3O2. The van der Waals surface area contributed by atoms with Gasteiger partial charge in [0.05, 0.1) is 16.3 Å². The normalized spacial score (nSPS) is 10.5. The van der Waals surface area contributed by atoms with E-state index in [0.29, 0.717) is 21.3 Å². The largest absolute Gasteiger partial charge is 0.329 e. The number of hydrogen-bond acceptors (Lipinski definition) is 3. The molecule has 7 heteroatoms. The molecule has 0 saturated carbocycles. The summed E-state index contributed by atoms with van der Waals surface area (Å²) < 4.78 is 0. The van der Waals surface area contributed by atoms with Gasteiger partial charge in [-0.1, -0.05) is 53.5 Å². The van der Waals surface area contributed by atoms with Crippen LogP contribution in [0.4, 0.5) is 5.69 Å². The van der Waals surface area contributed by atoms with Gasteiger partial charge < -0.3 is 5.32 Å². The lowest BCUT2D eigenvalue weighted by Gasteiger charge is -2.03. The van der Waals surface area contributed by atoms with Crippen LogP contribution in [0, 0.1) is 0 Å². The first-order valence-electron chi connectivity index (χ1n) is 6.21. The lowest BCUT2D eigenvalue weighted by Crippen LogP contribution is -2.32. The van der Waals surface area contributed by atoms with Crippen molar-refractivity contribution in [2.24, 2.45) is 5.10 Å². The lowest BCUT2D eigenvalue weighted by molar-refractivity contribution is -0.136. The van der Waals surface area contributed by atoms with E-state index in [2.05, 4.69) is 15.8 Å². The lowest BCUT2D eigenvalue weighted by atomic mass is 10.2. The van der Waals surface area contributed by atoms with E-state index in [0.717, 1.165) is 0 Å². The van der Waals surface area contributed by atoms with Crippen molar-refractivity contribution in [2.75, 3.05) is 5.32 Å². The zero-order valence-corrected chi connectivity index (χ0v) is 12.7. The van der Waals surface area contributed by atoms with Crippen molar-refractivity contribution < 1.29 is 9.59 Å². The number of nitrogens with zero attached hydrogens (tertiary/aromatic N) is 1. The summed E-state index contributed by atoms with van der Waals surface area (Å²) >= 11 is 11.8. The molecule has 0 aliphatic carbocycles. The molecule has 5 nitrogen and oxygen atoms in total. The van der Waals surface area contributed by atoms with Gasteiger partial charge >= 0.3 is 11.8 Å². The number of carbonyl (C=O) groups excluding carboxylic acids is 2. The monoisotopic (exact) mass is 335 g/mol. The van der Waals surface area contributed by atoms with E-state index in [1.807, 2.05) is 0 Å².